The first-order chi connectivity index (χ1) is 11.0. The van der Waals surface area contributed by atoms with Crippen molar-refractivity contribution in [2.24, 2.45) is 0 Å². The molecule has 116 valence electrons. The van der Waals surface area contributed by atoms with Gasteiger partial charge in [0.1, 0.15) is 0 Å². The van der Waals surface area contributed by atoms with Crippen LogP contribution in [0.5, 0.6) is 0 Å². The first-order valence-corrected chi connectivity index (χ1v) is 8.17. The highest BCUT2D eigenvalue weighted by molar-refractivity contribution is 7.98. The molecule has 0 unspecified atom stereocenters. The van der Waals surface area contributed by atoms with Gasteiger partial charge in [-0.15, -0.1) is 11.8 Å². The van der Waals surface area contributed by atoms with E-state index < -0.39 is 17.8 Å². The lowest BCUT2D eigenvalue weighted by atomic mass is 10.1. The number of hydroxylamine groups is 2. The van der Waals surface area contributed by atoms with Gasteiger partial charge in [0.05, 0.1) is 21.7 Å². The van der Waals surface area contributed by atoms with E-state index in [2.05, 4.69) is 0 Å². The lowest BCUT2D eigenvalue weighted by molar-refractivity contribution is -0.0584. The van der Waals surface area contributed by atoms with Crippen LogP contribution in [0.4, 0.5) is 0 Å². The summed E-state index contributed by atoms with van der Waals surface area (Å²) in [5.74, 6) is -2.20. The van der Waals surface area contributed by atoms with Crippen molar-refractivity contribution < 1.29 is 19.2 Å². The molecule has 0 radical (unpaired) electrons. The Morgan fingerprint density at radius 3 is 2.26 bits per heavy atom. The molecule has 1 aliphatic rings. The summed E-state index contributed by atoms with van der Waals surface area (Å²) < 4.78 is 0. The lowest BCUT2D eigenvalue weighted by Crippen LogP contribution is -2.32. The standard InChI is InChI=1S/C16H10ClNO4S/c1-23-9-6-7-13(17)12(8-9)16(21)22-18-14(19)10-4-2-3-5-11(10)15(18)20/h2-8H,1H3. The van der Waals surface area contributed by atoms with Gasteiger partial charge in [-0.1, -0.05) is 28.8 Å². The van der Waals surface area contributed by atoms with Gasteiger partial charge in [0, 0.05) is 4.90 Å². The molecule has 0 fully saturated rings. The molecule has 5 nitrogen and oxygen atoms in total. The minimum atomic E-state index is -0.861. The molecule has 2 aromatic carbocycles. The maximum Gasteiger partial charge on any atom is 0.365 e. The topological polar surface area (TPSA) is 63.7 Å². The van der Waals surface area contributed by atoms with Gasteiger partial charge in [0.15, 0.2) is 0 Å². The molecule has 2 aromatic rings. The third-order valence-corrected chi connectivity index (χ3v) is 4.38. The van der Waals surface area contributed by atoms with Crippen LogP contribution in [0.1, 0.15) is 31.1 Å². The van der Waals surface area contributed by atoms with Gasteiger partial charge in [-0.05, 0) is 36.6 Å². The maximum absolute atomic E-state index is 12.3. The SMILES string of the molecule is CSc1ccc(Cl)c(C(=O)ON2C(=O)c3ccccc3C2=O)c1. The first-order valence-electron chi connectivity index (χ1n) is 6.56. The third-order valence-electron chi connectivity index (χ3n) is 3.32. The molecule has 7 heteroatoms. The van der Waals surface area contributed by atoms with E-state index >= 15 is 0 Å². The summed E-state index contributed by atoms with van der Waals surface area (Å²) in [6, 6.07) is 11.1. The summed E-state index contributed by atoms with van der Waals surface area (Å²) in [4.78, 5) is 42.4. The normalized spacial score (nSPS) is 13.2. The zero-order valence-electron chi connectivity index (χ0n) is 11.9. The number of amides is 2. The Morgan fingerprint density at radius 2 is 1.70 bits per heavy atom. The summed E-state index contributed by atoms with van der Waals surface area (Å²) in [6.45, 7) is 0. The molecule has 0 N–H and O–H groups in total. The molecule has 2 amide bonds. The maximum atomic E-state index is 12.3. The number of carbonyl (C=O) groups is 3. The molecule has 1 heterocycles. The van der Waals surface area contributed by atoms with Crippen molar-refractivity contribution >= 4 is 41.1 Å². The molecule has 0 bridgehead atoms. The van der Waals surface area contributed by atoms with Crippen LogP contribution in [0.25, 0.3) is 0 Å². The van der Waals surface area contributed by atoms with Crippen LogP contribution in [-0.2, 0) is 4.84 Å². The molecule has 23 heavy (non-hydrogen) atoms. The Hall–Kier alpha value is -2.31. The summed E-state index contributed by atoms with van der Waals surface area (Å²) in [7, 11) is 0. The van der Waals surface area contributed by atoms with Gasteiger partial charge in [-0.25, -0.2) is 4.79 Å². The molecular weight excluding hydrogens is 338 g/mol. The minimum absolute atomic E-state index is 0.0927. The Balaban J connectivity index is 1.88. The first kappa shape index (κ1) is 15.6. The Morgan fingerprint density at radius 1 is 1.09 bits per heavy atom. The quantitative estimate of drug-likeness (QED) is 0.628. The summed E-state index contributed by atoms with van der Waals surface area (Å²) in [5.41, 5.74) is 0.499. The van der Waals surface area contributed by atoms with Crippen LogP contribution in [0.2, 0.25) is 5.02 Å². The number of nitrogens with zero attached hydrogens (tertiary/aromatic N) is 1. The zero-order chi connectivity index (χ0) is 16.6. The van der Waals surface area contributed by atoms with Gasteiger partial charge in [-0.2, -0.15) is 0 Å². The number of thioether (sulfide) groups is 1. The monoisotopic (exact) mass is 347 g/mol. The summed E-state index contributed by atoms with van der Waals surface area (Å²) >= 11 is 7.43. The van der Waals surface area contributed by atoms with Crippen molar-refractivity contribution in [2.75, 3.05) is 6.26 Å². The number of rotatable bonds is 3. The second-order valence-electron chi connectivity index (χ2n) is 4.67. The molecular formula is C16H10ClNO4S. The van der Waals surface area contributed by atoms with Crippen molar-refractivity contribution in [3.63, 3.8) is 0 Å². The van der Waals surface area contributed by atoms with Crippen LogP contribution < -0.4 is 0 Å². The van der Waals surface area contributed by atoms with E-state index in [-0.39, 0.29) is 21.7 Å². The van der Waals surface area contributed by atoms with E-state index in [1.807, 2.05) is 6.26 Å². The number of halogens is 1. The van der Waals surface area contributed by atoms with Crippen LogP contribution in [0.3, 0.4) is 0 Å². The molecule has 0 atom stereocenters. The molecule has 1 aliphatic heterocycles. The fourth-order valence-corrected chi connectivity index (χ4v) is 2.80. The second-order valence-corrected chi connectivity index (χ2v) is 5.96. The van der Waals surface area contributed by atoms with Crippen LogP contribution in [0.15, 0.2) is 47.4 Å². The average molecular weight is 348 g/mol. The fourth-order valence-electron chi connectivity index (χ4n) is 2.17. The van der Waals surface area contributed by atoms with E-state index in [9.17, 15) is 14.4 Å². The highest BCUT2D eigenvalue weighted by Crippen LogP contribution is 2.26. The van der Waals surface area contributed by atoms with E-state index in [1.54, 1.807) is 30.3 Å². The van der Waals surface area contributed by atoms with Crippen molar-refractivity contribution in [2.45, 2.75) is 4.90 Å². The summed E-state index contributed by atoms with van der Waals surface area (Å²) in [6.07, 6.45) is 1.85. The van der Waals surface area contributed by atoms with Gasteiger partial charge >= 0.3 is 5.97 Å². The Labute approximate surface area is 141 Å². The third kappa shape index (κ3) is 2.71. The van der Waals surface area contributed by atoms with Gasteiger partial charge in [-0.3, -0.25) is 9.59 Å². The average Bonchev–Trinajstić information content (AvgIpc) is 2.80. The number of hydrogen-bond donors (Lipinski definition) is 0. The number of fused-ring (bicyclic) bond motifs is 1. The lowest BCUT2D eigenvalue weighted by Gasteiger charge is -2.13. The Bertz CT molecular complexity index is 802. The summed E-state index contributed by atoms with van der Waals surface area (Å²) in [5, 5.41) is 0.652. The largest absolute Gasteiger partial charge is 0.365 e. The van der Waals surface area contributed by atoms with E-state index in [4.69, 9.17) is 16.4 Å². The highest BCUT2D eigenvalue weighted by atomic mass is 35.5. The Kier molecular flexibility index (Phi) is 4.11. The second kappa shape index (κ2) is 6.06. The van der Waals surface area contributed by atoms with Gasteiger partial charge < -0.3 is 4.84 Å². The van der Waals surface area contributed by atoms with Crippen LogP contribution in [-0.4, -0.2) is 29.1 Å². The number of carbonyl (C=O) groups excluding carboxylic acids is 3. The van der Waals surface area contributed by atoms with E-state index in [0.717, 1.165) is 4.90 Å². The molecule has 0 spiro atoms. The van der Waals surface area contributed by atoms with E-state index in [0.29, 0.717) is 5.06 Å². The molecule has 0 aliphatic carbocycles. The molecule has 0 saturated carbocycles. The van der Waals surface area contributed by atoms with E-state index in [1.165, 1.54) is 23.9 Å². The van der Waals surface area contributed by atoms with Crippen molar-refractivity contribution in [1.82, 2.24) is 5.06 Å². The molecule has 0 aromatic heterocycles. The number of imide groups is 1. The van der Waals surface area contributed by atoms with Crippen LogP contribution >= 0.6 is 23.4 Å². The number of hydrogen-bond acceptors (Lipinski definition) is 5. The van der Waals surface area contributed by atoms with Gasteiger partial charge in [0.25, 0.3) is 11.8 Å². The van der Waals surface area contributed by atoms with Crippen molar-refractivity contribution in [1.29, 1.82) is 0 Å². The zero-order valence-corrected chi connectivity index (χ0v) is 13.5. The smallest absolute Gasteiger partial charge is 0.324 e. The van der Waals surface area contributed by atoms with Crippen molar-refractivity contribution in [3.05, 3.63) is 64.2 Å². The minimum Gasteiger partial charge on any atom is -0.324 e. The number of benzene rings is 2. The highest BCUT2D eigenvalue weighted by Gasteiger charge is 2.39. The fraction of sp³-hybridized carbons (Fsp3) is 0.0625. The predicted octanol–water partition coefficient (Wildman–Crippen LogP) is 3.43. The predicted molar refractivity (Wildman–Crippen MR) is 85.6 cm³/mol. The molecule has 3 rings (SSSR count). The molecule has 0 saturated heterocycles. The van der Waals surface area contributed by atoms with Crippen molar-refractivity contribution in [3.8, 4) is 0 Å². The van der Waals surface area contributed by atoms with Crippen LogP contribution in [0, 0.1) is 0 Å². The van der Waals surface area contributed by atoms with Gasteiger partial charge in [0.2, 0.25) is 0 Å².